The van der Waals surface area contributed by atoms with Gasteiger partial charge >= 0.3 is 261 Å². The zero-order valence-corrected chi connectivity index (χ0v) is 23.2. The van der Waals surface area contributed by atoms with E-state index in [2.05, 4.69) is 0 Å². The van der Waals surface area contributed by atoms with E-state index in [1.165, 1.54) is 0 Å². The molecular formula is CH5B37O. The summed E-state index contributed by atoms with van der Waals surface area (Å²) in [6, 6.07) is 0. The van der Waals surface area contributed by atoms with Crippen LogP contribution in [0.2, 0.25) is 0 Å². The second-order valence-electron chi connectivity index (χ2n) is 7.25. The van der Waals surface area contributed by atoms with Gasteiger partial charge in [-0.3, -0.25) is 0 Å². The Hall–Kier alpha value is 2.20. The van der Waals surface area contributed by atoms with E-state index in [0.717, 1.165) is 0 Å². The molecule has 0 aliphatic carbocycles. The standard InChI is InChI=1S/CH5B37O/c1-39-38-37-36-35-34-33-32-31-30-29-28-27-26-25-24-23-22-21-20-19-18-17-16-15-14-13-12-11-10-9-8-7-6-5-4-3-2/h2H2,1H3. The molecule has 0 aromatic carbocycles. The first kappa shape index (κ1) is 41.2. The molecule has 0 spiro atoms. The molecule has 126 valence electrons. The topological polar surface area (TPSA) is 9.23 Å². The molecule has 0 aromatic heterocycles. The predicted octanol–water partition coefficient (Wildman–Crippen LogP) is -14.5. The molecule has 0 saturated heterocycles. The van der Waals surface area contributed by atoms with Crippen molar-refractivity contribution in [1.82, 2.24) is 0 Å². The van der Waals surface area contributed by atoms with Crippen molar-refractivity contribution in [1.29, 1.82) is 0 Å². The normalized spacial score (nSPS) is 7.72. The van der Waals surface area contributed by atoms with Crippen molar-refractivity contribution in [3.63, 3.8) is 0 Å². The molecule has 0 aromatic rings. The first-order valence-electron chi connectivity index (χ1n) is 12.9. The third-order valence-electron chi connectivity index (χ3n) is 4.07. The molecule has 38 heteroatoms. The molecule has 0 aliphatic rings. The third kappa shape index (κ3) is 40.2. The molecule has 0 fully saturated rings. The summed E-state index contributed by atoms with van der Waals surface area (Å²) in [7, 11) is 5.25. The van der Waals surface area contributed by atoms with Crippen LogP contribution < -0.4 is 0 Å². The van der Waals surface area contributed by atoms with Gasteiger partial charge < -0.3 is 0 Å². The van der Waals surface area contributed by atoms with Crippen molar-refractivity contribution >= 4 is 249 Å². The Balaban J connectivity index is 4.01. The van der Waals surface area contributed by atoms with Crippen molar-refractivity contribution in [3.05, 3.63) is 0 Å². The quantitative estimate of drug-likeness (QED) is 0.195. The number of rotatable bonds is 18. The molecule has 0 bridgehead atoms. The van der Waals surface area contributed by atoms with Gasteiger partial charge in [-0.15, -0.1) is 0 Å². The molecule has 0 unspecified atom stereocenters. The van der Waals surface area contributed by atoms with Gasteiger partial charge in [-0.25, -0.2) is 0 Å². The molecule has 0 radical (unpaired) electrons. The summed E-state index contributed by atoms with van der Waals surface area (Å²) in [5.41, 5.74) is 0. The average Bonchev–Trinajstić information content (AvgIpc) is 2.95. The van der Waals surface area contributed by atoms with Crippen LogP contribution in [0.3, 0.4) is 0 Å². The second kappa shape index (κ2) is 40.2. The van der Waals surface area contributed by atoms with Crippen LogP contribution in [-0.4, -0.2) is 256 Å². The summed E-state index contributed by atoms with van der Waals surface area (Å²) in [4.78, 5) is 0. The van der Waals surface area contributed by atoms with Crippen molar-refractivity contribution in [3.8, 4) is 0 Å². The maximum absolute atomic E-state index is 4.80. The van der Waals surface area contributed by atoms with E-state index in [1.54, 1.807) is 14.1 Å². The summed E-state index contributed by atoms with van der Waals surface area (Å²) in [5.74, 6) is 0. The molecule has 1 nitrogen and oxygen atoms in total. The van der Waals surface area contributed by atoms with Crippen LogP contribution in [0.25, 0.3) is 0 Å². The van der Waals surface area contributed by atoms with Crippen LogP contribution in [0.15, 0.2) is 0 Å². The summed E-state index contributed by atoms with van der Waals surface area (Å²) in [6.07, 6.45) is 0. The zero-order chi connectivity index (χ0) is 28.2. The van der Waals surface area contributed by atoms with Crippen molar-refractivity contribution in [2.24, 2.45) is 0 Å². The van der Waals surface area contributed by atoms with Gasteiger partial charge in [0.2, 0.25) is 0 Å². The summed E-state index contributed by atoms with van der Waals surface area (Å²) in [6.45, 7) is 69.4. The SMILES string of the molecule is BB=BB=BB=BB=BB=BB=BB=BB=BB=BB=BB=BB=BB=BB=BB=BB=BB=BB=BOC. The van der Waals surface area contributed by atoms with Gasteiger partial charge in [-0.1, -0.05) is 0 Å². The minimum absolute atomic E-state index is 1.62. The van der Waals surface area contributed by atoms with E-state index in [9.17, 15) is 0 Å². The molecular weight excluding hydrogens is 428 g/mol. The van der Waals surface area contributed by atoms with E-state index in [0.29, 0.717) is 0 Å². The second-order valence-corrected chi connectivity index (χ2v) is 7.25. The van der Waals surface area contributed by atoms with Gasteiger partial charge in [0, 0.05) is 0 Å². The first-order valence-corrected chi connectivity index (χ1v) is 12.9. The Morgan fingerprint density at radius 2 is 0.410 bits per heavy atom. The van der Waals surface area contributed by atoms with Gasteiger partial charge in [-0.2, -0.15) is 0 Å². The van der Waals surface area contributed by atoms with E-state index in [-0.39, 0.29) is 0 Å². The molecule has 0 N–H and O–H groups in total. The van der Waals surface area contributed by atoms with Gasteiger partial charge in [0.1, 0.15) is 0 Å². The molecule has 0 heterocycles. The minimum atomic E-state index is 1.62. The Morgan fingerprint density at radius 1 is 0.256 bits per heavy atom. The fraction of sp³-hybridized carbons (Fsp3) is 1.00. The molecule has 0 atom stereocenters. The maximum atomic E-state index is 4.80. The molecule has 0 amide bonds. The van der Waals surface area contributed by atoms with Crippen LogP contribution in [0.5, 0.6) is 0 Å². The Bertz CT molecular complexity index is 1130. The third-order valence-corrected chi connectivity index (χ3v) is 4.07. The van der Waals surface area contributed by atoms with Crippen LogP contribution in [0, 0.1) is 0 Å². The summed E-state index contributed by atoms with van der Waals surface area (Å²) < 4.78 is 4.80. The Kier molecular flexibility index (Phi) is 42.5. The number of hydrogen-bond donors (Lipinski definition) is 0. The van der Waals surface area contributed by atoms with Crippen molar-refractivity contribution in [2.75, 3.05) is 7.11 Å². The van der Waals surface area contributed by atoms with Crippen molar-refractivity contribution in [2.45, 2.75) is 0 Å². The summed E-state index contributed by atoms with van der Waals surface area (Å²) >= 11 is 0. The first-order chi connectivity index (χ1) is 19.4. The van der Waals surface area contributed by atoms with Gasteiger partial charge in [0.05, 0.1) is 0 Å². The van der Waals surface area contributed by atoms with E-state index in [4.69, 9.17) is 4.65 Å². The molecule has 0 rings (SSSR count). The fourth-order valence-corrected chi connectivity index (χ4v) is 2.29. The molecule has 0 saturated carbocycles. The predicted molar refractivity (Wildman–Crippen MR) is 223 cm³/mol. The van der Waals surface area contributed by atoms with Crippen LogP contribution >= 0.6 is 0 Å². The van der Waals surface area contributed by atoms with Crippen molar-refractivity contribution < 1.29 is 4.65 Å². The fourth-order valence-electron chi connectivity index (χ4n) is 2.29. The monoisotopic (exact) mass is 440 g/mol. The van der Waals surface area contributed by atoms with E-state index < -0.39 is 0 Å². The van der Waals surface area contributed by atoms with E-state index >= 15 is 0 Å². The van der Waals surface area contributed by atoms with Crippen LogP contribution in [0.1, 0.15) is 0 Å². The molecule has 39 heavy (non-hydrogen) atoms. The van der Waals surface area contributed by atoms with Gasteiger partial charge in [0.25, 0.3) is 0 Å². The zero-order valence-electron chi connectivity index (χ0n) is 23.2. The van der Waals surface area contributed by atoms with E-state index in [1.807, 2.05) is 242 Å². The average molecular weight is 433 g/mol. The Labute approximate surface area is 259 Å². The van der Waals surface area contributed by atoms with Gasteiger partial charge in [0.15, 0.2) is 0 Å². The van der Waals surface area contributed by atoms with Crippen LogP contribution in [-0.2, 0) is 4.65 Å². The molecule has 0 aliphatic heterocycles. The number of hydrogen-bond acceptors (Lipinski definition) is 1. The summed E-state index contributed by atoms with van der Waals surface area (Å²) in [5, 5.41) is 0. The van der Waals surface area contributed by atoms with Crippen LogP contribution in [0.4, 0.5) is 0 Å². The Morgan fingerprint density at radius 3 is 0.564 bits per heavy atom. The van der Waals surface area contributed by atoms with Gasteiger partial charge in [-0.05, 0) is 0 Å².